The summed E-state index contributed by atoms with van der Waals surface area (Å²) in [4.78, 5) is 11.8. The normalized spacial score (nSPS) is 21.4. The lowest BCUT2D eigenvalue weighted by Gasteiger charge is -2.17. The van der Waals surface area contributed by atoms with Crippen LogP contribution in [0, 0.1) is 5.92 Å². The number of rotatable bonds is 9. The van der Waals surface area contributed by atoms with Gasteiger partial charge in [-0.2, -0.15) is 0 Å². The Kier molecular flexibility index (Phi) is 7.52. The van der Waals surface area contributed by atoms with Gasteiger partial charge < -0.3 is 14.2 Å². The third-order valence-electron chi connectivity index (χ3n) is 3.65. The number of esters is 1. The third kappa shape index (κ3) is 6.71. The van der Waals surface area contributed by atoms with Gasteiger partial charge in [0.2, 0.25) is 0 Å². The minimum Gasteiger partial charge on any atom is -0.463 e. The van der Waals surface area contributed by atoms with E-state index in [4.69, 9.17) is 14.2 Å². The Morgan fingerprint density at radius 2 is 1.90 bits per heavy atom. The maximum absolute atomic E-state index is 11.8. The lowest BCUT2D eigenvalue weighted by molar-refractivity contribution is -0.158. The third-order valence-corrected chi connectivity index (χ3v) is 3.65. The maximum Gasteiger partial charge on any atom is 0.305 e. The van der Waals surface area contributed by atoms with Crippen molar-refractivity contribution in [3.8, 4) is 0 Å². The van der Waals surface area contributed by atoms with Gasteiger partial charge >= 0.3 is 5.97 Å². The Labute approximate surface area is 123 Å². The molecule has 20 heavy (non-hydrogen) atoms. The van der Waals surface area contributed by atoms with Crippen LogP contribution >= 0.6 is 0 Å². The summed E-state index contributed by atoms with van der Waals surface area (Å²) in [7, 11) is 0. The molecule has 1 unspecified atom stereocenters. The van der Waals surface area contributed by atoms with E-state index in [0.29, 0.717) is 25.6 Å². The minimum absolute atomic E-state index is 0.115. The van der Waals surface area contributed by atoms with Gasteiger partial charge in [-0.1, -0.05) is 39.5 Å². The Morgan fingerprint density at radius 3 is 2.40 bits per heavy atom. The predicted octanol–water partition coefficient (Wildman–Crippen LogP) is 3.68. The van der Waals surface area contributed by atoms with Gasteiger partial charge in [0.05, 0.1) is 6.61 Å². The second kappa shape index (κ2) is 8.63. The molecule has 0 aromatic carbocycles. The summed E-state index contributed by atoms with van der Waals surface area (Å²) < 4.78 is 16.3. The standard InChI is InChI=1S/C16H30O4/c1-5-7-13(8-6-2)9-10-15(17)18-11-14-12-19-16(3,4)20-14/h13-14H,5-12H2,1-4H3. The van der Waals surface area contributed by atoms with E-state index in [9.17, 15) is 4.79 Å². The minimum atomic E-state index is -0.551. The first kappa shape index (κ1) is 17.4. The van der Waals surface area contributed by atoms with Crippen LogP contribution < -0.4 is 0 Å². The highest BCUT2D eigenvalue weighted by Gasteiger charge is 2.33. The molecular formula is C16H30O4. The summed E-state index contributed by atoms with van der Waals surface area (Å²) in [6, 6.07) is 0. The van der Waals surface area contributed by atoms with Crippen molar-refractivity contribution in [2.24, 2.45) is 5.92 Å². The van der Waals surface area contributed by atoms with Gasteiger partial charge in [0, 0.05) is 6.42 Å². The molecular weight excluding hydrogens is 256 g/mol. The molecule has 1 heterocycles. The summed E-state index contributed by atoms with van der Waals surface area (Å²) in [5.74, 6) is -0.0113. The smallest absolute Gasteiger partial charge is 0.305 e. The summed E-state index contributed by atoms with van der Waals surface area (Å²) >= 11 is 0. The molecule has 0 saturated carbocycles. The molecule has 118 valence electrons. The molecule has 1 fully saturated rings. The first-order valence-electron chi connectivity index (χ1n) is 7.94. The van der Waals surface area contributed by atoms with Crippen LogP contribution in [0.3, 0.4) is 0 Å². The average molecular weight is 286 g/mol. The number of carbonyl (C=O) groups is 1. The van der Waals surface area contributed by atoms with Gasteiger partial charge in [-0.05, 0) is 26.2 Å². The van der Waals surface area contributed by atoms with Gasteiger partial charge in [-0.15, -0.1) is 0 Å². The zero-order valence-electron chi connectivity index (χ0n) is 13.4. The molecule has 1 atom stereocenters. The number of carbonyl (C=O) groups excluding carboxylic acids is 1. The van der Waals surface area contributed by atoms with Crippen LogP contribution in [0.1, 0.15) is 66.2 Å². The van der Waals surface area contributed by atoms with Crippen LogP contribution in [0.5, 0.6) is 0 Å². The van der Waals surface area contributed by atoms with Gasteiger partial charge in [-0.3, -0.25) is 4.79 Å². The maximum atomic E-state index is 11.8. The molecule has 0 N–H and O–H groups in total. The van der Waals surface area contributed by atoms with E-state index in [1.807, 2.05) is 13.8 Å². The lowest BCUT2D eigenvalue weighted by Crippen LogP contribution is -2.25. The summed E-state index contributed by atoms with van der Waals surface area (Å²) in [5, 5.41) is 0. The largest absolute Gasteiger partial charge is 0.463 e. The number of hydrogen-bond acceptors (Lipinski definition) is 4. The zero-order valence-corrected chi connectivity index (χ0v) is 13.4. The van der Waals surface area contributed by atoms with Crippen molar-refractivity contribution < 1.29 is 19.0 Å². The zero-order chi connectivity index (χ0) is 15.0. The summed E-state index contributed by atoms with van der Waals surface area (Å²) in [6.07, 6.45) is 6.10. The van der Waals surface area contributed by atoms with E-state index in [1.54, 1.807) is 0 Å². The fraction of sp³-hybridized carbons (Fsp3) is 0.938. The van der Waals surface area contributed by atoms with Crippen molar-refractivity contribution >= 4 is 5.97 Å². The second-order valence-corrected chi connectivity index (χ2v) is 6.12. The Hall–Kier alpha value is -0.610. The highest BCUT2D eigenvalue weighted by molar-refractivity contribution is 5.69. The van der Waals surface area contributed by atoms with E-state index in [1.165, 1.54) is 25.7 Å². The van der Waals surface area contributed by atoms with Crippen molar-refractivity contribution in [2.75, 3.05) is 13.2 Å². The van der Waals surface area contributed by atoms with Crippen LogP contribution in [-0.4, -0.2) is 31.1 Å². The number of ether oxygens (including phenoxy) is 3. The van der Waals surface area contributed by atoms with E-state index in [0.717, 1.165) is 6.42 Å². The molecule has 0 bridgehead atoms. The van der Waals surface area contributed by atoms with Crippen LogP contribution in [0.2, 0.25) is 0 Å². The predicted molar refractivity (Wildman–Crippen MR) is 78.4 cm³/mol. The van der Waals surface area contributed by atoms with Gasteiger partial charge in [0.1, 0.15) is 12.7 Å². The molecule has 0 aromatic rings. The van der Waals surface area contributed by atoms with Gasteiger partial charge in [0.15, 0.2) is 5.79 Å². The molecule has 0 amide bonds. The molecule has 0 aromatic heterocycles. The van der Waals surface area contributed by atoms with Gasteiger partial charge in [0.25, 0.3) is 0 Å². The highest BCUT2D eigenvalue weighted by atomic mass is 16.7. The average Bonchev–Trinajstić information content (AvgIpc) is 2.74. The lowest BCUT2D eigenvalue weighted by atomic mass is 9.93. The van der Waals surface area contributed by atoms with E-state index < -0.39 is 5.79 Å². The van der Waals surface area contributed by atoms with Crippen molar-refractivity contribution in [2.45, 2.75) is 78.1 Å². The SMILES string of the molecule is CCCC(CCC)CCC(=O)OCC1COC(C)(C)O1. The molecule has 4 nitrogen and oxygen atoms in total. The Balaban J connectivity index is 2.16. The molecule has 0 aliphatic carbocycles. The van der Waals surface area contributed by atoms with Crippen molar-refractivity contribution in [1.29, 1.82) is 0 Å². The molecule has 4 heteroatoms. The Bertz CT molecular complexity index is 274. The topological polar surface area (TPSA) is 44.8 Å². The molecule has 0 radical (unpaired) electrons. The molecule has 0 spiro atoms. The van der Waals surface area contributed by atoms with E-state index in [-0.39, 0.29) is 12.1 Å². The first-order chi connectivity index (χ1) is 9.46. The molecule has 1 aliphatic heterocycles. The quantitative estimate of drug-likeness (QED) is 0.607. The summed E-state index contributed by atoms with van der Waals surface area (Å²) in [5.41, 5.74) is 0. The van der Waals surface area contributed by atoms with Crippen molar-refractivity contribution in [3.05, 3.63) is 0 Å². The highest BCUT2D eigenvalue weighted by Crippen LogP contribution is 2.23. The molecule has 1 aliphatic rings. The van der Waals surface area contributed by atoms with E-state index in [2.05, 4.69) is 13.8 Å². The van der Waals surface area contributed by atoms with Crippen molar-refractivity contribution in [3.63, 3.8) is 0 Å². The Morgan fingerprint density at radius 1 is 1.25 bits per heavy atom. The molecule has 1 rings (SSSR count). The first-order valence-corrected chi connectivity index (χ1v) is 7.94. The number of hydrogen-bond donors (Lipinski definition) is 0. The fourth-order valence-electron chi connectivity index (χ4n) is 2.67. The van der Waals surface area contributed by atoms with Crippen LogP contribution in [0.25, 0.3) is 0 Å². The van der Waals surface area contributed by atoms with Crippen LogP contribution in [0.4, 0.5) is 0 Å². The second-order valence-electron chi connectivity index (χ2n) is 6.12. The van der Waals surface area contributed by atoms with Crippen LogP contribution in [-0.2, 0) is 19.0 Å². The molecule has 1 saturated heterocycles. The van der Waals surface area contributed by atoms with Gasteiger partial charge in [-0.25, -0.2) is 0 Å². The van der Waals surface area contributed by atoms with Crippen molar-refractivity contribution in [1.82, 2.24) is 0 Å². The monoisotopic (exact) mass is 286 g/mol. The fourth-order valence-corrected chi connectivity index (χ4v) is 2.67. The van der Waals surface area contributed by atoms with E-state index >= 15 is 0 Å². The summed E-state index contributed by atoms with van der Waals surface area (Å²) in [6.45, 7) is 8.92. The van der Waals surface area contributed by atoms with Crippen LogP contribution in [0.15, 0.2) is 0 Å².